The molecule has 5 fully saturated rings. The average Bonchev–Trinajstić information content (AvgIpc) is 3.29. The van der Waals surface area contributed by atoms with Gasteiger partial charge in [-0.3, -0.25) is 0 Å². The standard InChI is InChI=1S/C20H27N/c1-3-18(19-5-6-19)4-2-14(1)13-21-20-10-15-7-16(11-20)9-17(8-15)12-20/h1-4,15-17,19,21H,5-13H2. The third-order valence-electron chi connectivity index (χ3n) is 6.73. The Balaban J connectivity index is 1.27. The van der Waals surface area contributed by atoms with Gasteiger partial charge in [0, 0.05) is 12.1 Å². The monoisotopic (exact) mass is 281 g/mol. The lowest BCUT2D eigenvalue weighted by atomic mass is 9.53. The zero-order chi connectivity index (χ0) is 13.9. The van der Waals surface area contributed by atoms with Gasteiger partial charge in [0.15, 0.2) is 0 Å². The van der Waals surface area contributed by atoms with Crippen LogP contribution in [0.2, 0.25) is 0 Å². The number of benzene rings is 1. The maximum atomic E-state index is 4.01. The van der Waals surface area contributed by atoms with Crippen molar-refractivity contribution >= 4 is 0 Å². The molecular formula is C20H27N. The van der Waals surface area contributed by atoms with Gasteiger partial charge in [-0.25, -0.2) is 0 Å². The molecule has 0 amide bonds. The Morgan fingerprint density at radius 2 is 1.43 bits per heavy atom. The van der Waals surface area contributed by atoms with E-state index in [1.54, 1.807) is 5.56 Å². The van der Waals surface area contributed by atoms with Crippen LogP contribution in [0.15, 0.2) is 24.3 Å². The molecule has 21 heavy (non-hydrogen) atoms. The van der Waals surface area contributed by atoms with E-state index >= 15 is 0 Å². The second-order valence-corrected chi connectivity index (χ2v) is 8.57. The number of hydrogen-bond donors (Lipinski definition) is 1. The van der Waals surface area contributed by atoms with Crippen LogP contribution in [0.25, 0.3) is 0 Å². The van der Waals surface area contributed by atoms with E-state index in [1.807, 2.05) is 0 Å². The lowest BCUT2D eigenvalue weighted by Gasteiger charge is -2.57. The fraction of sp³-hybridized carbons (Fsp3) is 0.700. The molecule has 0 unspecified atom stereocenters. The molecule has 0 atom stereocenters. The summed E-state index contributed by atoms with van der Waals surface area (Å²) in [5, 5.41) is 4.01. The molecule has 112 valence electrons. The van der Waals surface area contributed by atoms with E-state index < -0.39 is 0 Å². The van der Waals surface area contributed by atoms with Crippen molar-refractivity contribution < 1.29 is 0 Å². The molecule has 0 spiro atoms. The van der Waals surface area contributed by atoms with Crippen molar-refractivity contribution in [3.63, 3.8) is 0 Å². The summed E-state index contributed by atoms with van der Waals surface area (Å²) in [6.07, 6.45) is 11.8. The lowest BCUT2D eigenvalue weighted by molar-refractivity contribution is -0.0206. The van der Waals surface area contributed by atoms with E-state index in [9.17, 15) is 0 Å². The molecule has 0 radical (unpaired) electrons. The smallest absolute Gasteiger partial charge is 0.0210 e. The number of nitrogens with one attached hydrogen (secondary N) is 1. The predicted molar refractivity (Wildman–Crippen MR) is 86.2 cm³/mol. The third-order valence-corrected chi connectivity index (χ3v) is 6.73. The molecule has 0 heterocycles. The van der Waals surface area contributed by atoms with Gasteiger partial charge in [-0.2, -0.15) is 0 Å². The molecule has 0 aromatic heterocycles. The van der Waals surface area contributed by atoms with Gasteiger partial charge in [0.25, 0.3) is 0 Å². The molecule has 5 aliphatic rings. The summed E-state index contributed by atoms with van der Waals surface area (Å²) in [5.41, 5.74) is 3.55. The van der Waals surface area contributed by atoms with E-state index in [2.05, 4.69) is 29.6 Å². The highest BCUT2D eigenvalue weighted by molar-refractivity contribution is 5.28. The first-order valence-electron chi connectivity index (χ1n) is 9.12. The van der Waals surface area contributed by atoms with Crippen LogP contribution in [0.3, 0.4) is 0 Å². The number of hydrogen-bond acceptors (Lipinski definition) is 1. The van der Waals surface area contributed by atoms with Crippen molar-refractivity contribution in [1.82, 2.24) is 5.32 Å². The highest BCUT2D eigenvalue weighted by Crippen LogP contribution is 2.55. The van der Waals surface area contributed by atoms with Crippen LogP contribution in [0.4, 0.5) is 0 Å². The summed E-state index contributed by atoms with van der Waals surface area (Å²) < 4.78 is 0. The van der Waals surface area contributed by atoms with Crippen molar-refractivity contribution in [3.8, 4) is 0 Å². The highest BCUT2D eigenvalue weighted by atomic mass is 15.0. The summed E-state index contributed by atoms with van der Waals surface area (Å²) in [7, 11) is 0. The topological polar surface area (TPSA) is 12.0 Å². The van der Waals surface area contributed by atoms with Gasteiger partial charge >= 0.3 is 0 Å². The van der Waals surface area contributed by atoms with Gasteiger partial charge in [0.2, 0.25) is 0 Å². The SMILES string of the molecule is c1cc(C2CC2)ccc1CNC12CC3CC(CC(C3)C1)C2. The molecule has 1 N–H and O–H groups in total. The van der Waals surface area contributed by atoms with E-state index in [0.29, 0.717) is 5.54 Å². The fourth-order valence-electron chi connectivity index (χ4n) is 5.94. The van der Waals surface area contributed by atoms with Gasteiger partial charge < -0.3 is 5.32 Å². The summed E-state index contributed by atoms with van der Waals surface area (Å²) in [6.45, 7) is 1.08. The summed E-state index contributed by atoms with van der Waals surface area (Å²) in [6, 6.07) is 9.46. The third kappa shape index (κ3) is 2.34. The minimum absolute atomic E-state index is 0.504. The van der Waals surface area contributed by atoms with Crippen LogP contribution in [0.1, 0.15) is 68.4 Å². The Morgan fingerprint density at radius 3 is 1.95 bits per heavy atom. The molecule has 1 aromatic rings. The highest BCUT2D eigenvalue weighted by Gasteiger charge is 2.50. The first kappa shape index (κ1) is 12.7. The Labute approximate surface area is 128 Å². The average molecular weight is 281 g/mol. The largest absolute Gasteiger partial charge is 0.307 e. The van der Waals surface area contributed by atoms with E-state index in [4.69, 9.17) is 0 Å². The van der Waals surface area contributed by atoms with Crippen molar-refractivity contribution in [2.75, 3.05) is 0 Å². The van der Waals surface area contributed by atoms with Crippen LogP contribution in [-0.2, 0) is 6.54 Å². The minimum atomic E-state index is 0.504. The van der Waals surface area contributed by atoms with Gasteiger partial charge in [0.1, 0.15) is 0 Å². The Bertz CT molecular complexity index is 490. The minimum Gasteiger partial charge on any atom is -0.307 e. The van der Waals surface area contributed by atoms with Crippen LogP contribution in [0.5, 0.6) is 0 Å². The molecule has 1 nitrogen and oxygen atoms in total. The molecule has 5 saturated carbocycles. The van der Waals surface area contributed by atoms with Gasteiger partial charge in [-0.1, -0.05) is 24.3 Å². The number of rotatable bonds is 4. The van der Waals surface area contributed by atoms with Crippen LogP contribution in [-0.4, -0.2) is 5.54 Å². The van der Waals surface area contributed by atoms with Crippen molar-refractivity contribution in [2.45, 2.75) is 69.4 Å². The zero-order valence-corrected chi connectivity index (χ0v) is 13.0. The first-order valence-corrected chi connectivity index (χ1v) is 9.12. The fourth-order valence-corrected chi connectivity index (χ4v) is 5.94. The maximum absolute atomic E-state index is 4.01. The second-order valence-electron chi connectivity index (χ2n) is 8.57. The Hall–Kier alpha value is -0.820. The van der Waals surface area contributed by atoms with Crippen molar-refractivity contribution in [1.29, 1.82) is 0 Å². The van der Waals surface area contributed by atoms with Crippen molar-refractivity contribution in [3.05, 3.63) is 35.4 Å². The maximum Gasteiger partial charge on any atom is 0.0210 e. The van der Waals surface area contributed by atoms with E-state index in [1.165, 1.54) is 56.9 Å². The van der Waals surface area contributed by atoms with Crippen LogP contribution >= 0.6 is 0 Å². The molecular weight excluding hydrogens is 254 g/mol. The second kappa shape index (κ2) is 4.59. The summed E-state index contributed by atoms with van der Waals surface area (Å²) >= 11 is 0. The Kier molecular flexibility index (Phi) is 2.77. The molecule has 0 saturated heterocycles. The van der Waals surface area contributed by atoms with E-state index in [-0.39, 0.29) is 0 Å². The molecule has 4 bridgehead atoms. The van der Waals surface area contributed by atoms with Crippen LogP contribution in [0, 0.1) is 17.8 Å². The quantitative estimate of drug-likeness (QED) is 0.849. The lowest BCUT2D eigenvalue weighted by Crippen LogP contribution is -2.58. The predicted octanol–water partition coefficient (Wildman–Crippen LogP) is 4.62. The molecule has 1 aromatic carbocycles. The summed E-state index contributed by atoms with van der Waals surface area (Å²) in [5.74, 6) is 4.01. The van der Waals surface area contributed by atoms with Gasteiger partial charge in [-0.05, 0) is 86.2 Å². The molecule has 0 aliphatic heterocycles. The van der Waals surface area contributed by atoms with Crippen molar-refractivity contribution in [2.24, 2.45) is 17.8 Å². The normalized spacial score (nSPS) is 40.7. The summed E-state index contributed by atoms with van der Waals surface area (Å²) in [4.78, 5) is 0. The Morgan fingerprint density at radius 1 is 0.857 bits per heavy atom. The first-order chi connectivity index (χ1) is 10.3. The molecule has 1 heteroatoms. The van der Waals surface area contributed by atoms with Crippen LogP contribution < -0.4 is 5.32 Å². The molecule has 5 aliphatic carbocycles. The van der Waals surface area contributed by atoms with Gasteiger partial charge in [-0.15, -0.1) is 0 Å². The van der Waals surface area contributed by atoms with Gasteiger partial charge in [0.05, 0.1) is 0 Å². The zero-order valence-electron chi connectivity index (χ0n) is 13.0. The molecule has 6 rings (SSSR count). The van der Waals surface area contributed by atoms with E-state index in [0.717, 1.165) is 30.2 Å².